The Kier molecular flexibility index (Phi) is 9.18. The molecule has 1 saturated heterocycles. The Balaban J connectivity index is 1.65. The number of benzene rings is 1. The van der Waals surface area contributed by atoms with Crippen LogP contribution in [-0.2, 0) is 32.0 Å². The minimum atomic E-state index is -1.19. The van der Waals surface area contributed by atoms with Crippen molar-refractivity contribution in [2.75, 3.05) is 6.54 Å². The van der Waals surface area contributed by atoms with Crippen molar-refractivity contribution >= 4 is 23.7 Å². The molecular weight excluding hydrogens is 464 g/mol. The van der Waals surface area contributed by atoms with Crippen molar-refractivity contribution in [3.63, 3.8) is 0 Å². The van der Waals surface area contributed by atoms with Gasteiger partial charge in [-0.1, -0.05) is 44.2 Å². The number of aromatic nitrogens is 2. The second kappa shape index (κ2) is 12.3. The Bertz CT molecular complexity index is 1040. The number of aromatic amines is 1. The van der Waals surface area contributed by atoms with Gasteiger partial charge in [0.1, 0.15) is 18.1 Å². The second-order valence-corrected chi connectivity index (χ2v) is 9.40. The van der Waals surface area contributed by atoms with Crippen molar-refractivity contribution in [3.8, 4) is 0 Å². The van der Waals surface area contributed by atoms with Gasteiger partial charge in [-0.25, -0.2) is 9.78 Å². The highest BCUT2D eigenvalue weighted by Crippen LogP contribution is 2.21. The van der Waals surface area contributed by atoms with Crippen molar-refractivity contribution in [2.45, 2.75) is 63.7 Å². The van der Waals surface area contributed by atoms with Crippen LogP contribution in [0.15, 0.2) is 42.9 Å². The summed E-state index contributed by atoms with van der Waals surface area (Å²) in [6, 6.07) is 5.66. The first-order chi connectivity index (χ1) is 17.2. The van der Waals surface area contributed by atoms with Crippen LogP contribution in [0.3, 0.4) is 0 Å². The van der Waals surface area contributed by atoms with Gasteiger partial charge in [-0.2, -0.15) is 0 Å². The molecule has 2 aromatic rings. The fourth-order valence-electron chi connectivity index (χ4n) is 4.30. The Hall–Kier alpha value is -3.73. The zero-order chi connectivity index (χ0) is 26.2. The zero-order valence-corrected chi connectivity index (χ0v) is 20.5. The number of carbonyl (C=O) groups is 4. The summed E-state index contributed by atoms with van der Waals surface area (Å²) in [6.45, 7) is 3.95. The molecule has 194 valence electrons. The largest absolute Gasteiger partial charge is 0.480 e. The van der Waals surface area contributed by atoms with E-state index in [-0.39, 0.29) is 18.2 Å². The van der Waals surface area contributed by atoms with E-state index < -0.39 is 42.0 Å². The molecule has 1 fully saturated rings. The SMILES string of the molecule is CC(C)C(NC(=O)C(N)Cc1ccccc1)C(=O)N1CCCC1C(=O)NC(Cc1cnc[nH]1)C(=O)O. The second-order valence-electron chi connectivity index (χ2n) is 9.40. The number of nitrogens with two attached hydrogens (primary N) is 1. The summed E-state index contributed by atoms with van der Waals surface area (Å²) in [4.78, 5) is 59.1. The average Bonchev–Trinajstić information content (AvgIpc) is 3.54. The van der Waals surface area contributed by atoms with Gasteiger partial charge in [-0.05, 0) is 30.7 Å². The summed E-state index contributed by atoms with van der Waals surface area (Å²) >= 11 is 0. The minimum Gasteiger partial charge on any atom is -0.480 e. The van der Waals surface area contributed by atoms with E-state index in [4.69, 9.17) is 5.73 Å². The number of aliphatic carboxylic acids is 1. The molecule has 3 rings (SSSR count). The van der Waals surface area contributed by atoms with Gasteiger partial charge < -0.3 is 31.4 Å². The molecule has 4 unspecified atom stereocenters. The molecule has 2 heterocycles. The summed E-state index contributed by atoms with van der Waals surface area (Å²) in [5.41, 5.74) is 7.58. The Morgan fingerprint density at radius 2 is 1.89 bits per heavy atom. The van der Waals surface area contributed by atoms with Crippen molar-refractivity contribution in [1.29, 1.82) is 0 Å². The quantitative estimate of drug-likeness (QED) is 0.295. The first-order valence-electron chi connectivity index (χ1n) is 12.1. The lowest BCUT2D eigenvalue weighted by atomic mass is 10.0. The molecule has 4 atom stereocenters. The Labute approximate surface area is 209 Å². The van der Waals surface area contributed by atoms with E-state index in [2.05, 4.69) is 20.6 Å². The third kappa shape index (κ3) is 6.91. The van der Waals surface area contributed by atoms with Crippen LogP contribution in [-0.4, -0.2) is 74.4 Å². The lowest BCUT2D eigenvalue weighted by Crippen LogP contribution is -2.58. The van der Waals surface area contributed by atoms with E-state index in [0.29, 0.717) is 31.5 Å². The number of carboxylic acid groups (broad SMARTS) is 1. The predicted molar refractivity (Wildman–Crippen MR) is 131 cm³/mol. The van der Waals surface area contributed by atoms with E-state index in [0.717, 1.165) is 5.56 Å². The van der Waals surface area contributed by atoms with Gasteiger partial charge in [0.05, 0.1) is 12.4 Å². The molecule has 1 aliphatic rings. The molecule has 1 aliphatic heterocycles. The molecule has 11 heteroatoms. The van der Waals surface area contributed by atoms with Gasteiger partial charge in [0.15, 0.2) is 0 Å². The number of likely N-dealkylation sites (tertiary alicyclic amines) is 1. The number of carbonyl (C=O) groups excluding carboxylic acids is 3. The summed E-state index contributed by atoms with van der Waals surface area (Å²) in [5, 5.41) is 14.9. The summed E-state index contributed by atoms with van der Waals surface area (Å²) < 4.78 is 0. The van der Waals surface area contributed by atoms with Crippen LogP contribution in [0.2, 0.25) is 0 Å². The van der Waals surface area contributed by atoms with Crippen LogP contribution in [0.1, 0.15) is 37.9 Å². The maximum atomic E-state index is 13.5. The maximum absolute atomic E-state index is 13.5. The number of nitrogens with zero attached hydrogens (tertiary/aromatic N) is 2. The van der Waals surface area contributed by atoms with E-state index in [1.165, 1.54) is 17.4 Å². The maximum Gasteiger partial charge on any atom is 0.326 e. The molecule has 36 heavy (non-hydrogen) atoms. The first kappa shape index (κ1) is 26.9. The fourth-order valence-corrected chi connectivity index (χ4v) is 4.30. The van der Waals surface area contributed by atoms with Gasteiger partial charge in [0, 0.05) is 24.9 Å². The van der Waals surface area contributed by atoms with Crippen LogP contribution in [0.4, 0.5) is 0 Å². The molecule has 0 spiro atoms. The topological polar surface area (TPSA) is 171 Å². The van der Waals surface area contributed by atoms with E-state index in [1.54, 1.807) is 0 Å². The molecule has 0 saturated carbocycles. The molecule has 11 nitrogen and oxygen atoms in total. The highest BCUT2D eigenvalue weighted by Gasteiger charge is 2.40. The van der Waals surface area contributed by atoms with Gasteiger partial charge in [-0.15, -0.1) is 0 Å². The average molecular weight is 499 g/mol. The number of amides is 3. The van der Waals surface area contributed by atoms with Gasteiger partial charge >= 0.3 is 5.97 Å². The number of hydrogen-bond acceptors (Lipinski definition) is 6. The monoisotopic (exact) mass is 498 g/mol. The number of carboxylic acids is 1. The van der Waals surface area contributed by atoms with Gasteiger partial charge in [-0.3, -0.25) is 14.4 Å². The molecule has 6 N–H and O–H groups in total. The molecule has 0 aliphatic carbocycles. The fraction of sp³-hybridized carbons (Fsp3) is 0.480. The van der Waals surface area contributed by atoms with E-state index in [1.807, 2.05) is 44.2 Å². The molecule has 0 radical (unpaired) electrons. The number of hydrogen-bond donors (Lipinski definition) is 5. The highest BCUT2D eigenvalue weighted by atomic mass is 16.4. The van der Waals surface area contributed by atoms with E-state index in [9.17, 15) is 24.3 Å². The number of nitrogens with one attached hydrogen (secondary N) is 3. The van der Waals surface area contributed by atoms with Crippen LogP contribution in [0.25, 0.3) is 0 Å². The van der Waals surface area contributed by atoms with Crippen LogP contribution >= 0.6 is 0 Å². The molecule has 1 aromatic carbocycles. The summed E-state index contributed by atoms with van der Waals surface area (Å²) in [5.74, 6) is -2.81. The van der Waals surface area contributed by atoms with Crippen LogP contribution in [0, 0.1) is 5.92 Å². The highest BCUT2D eigenvalue weighted by molar-refractivity contribution is 5.94. The zero-order valence-electron chi connectivity index (χ0n) is 20.5. The van der Waals surface area contributed by atoms with Gasteiger partial charge in [0.25, 0.3) is 0 Å². The van der Waals surface area contributed by atoms with Crippen LogP contribution in [0.5, 0.6) is 0 Å². The lowest BCUT2D eigenvalue weighted by Gasteiger charge is -2.31. The van der Waals surface area contributed by atoms with E-state index >= 15 is 0 Å². The van der Waals surface area contributed by atoms with Crippen molar-refractivity contribution in [2.24, 2.45) is 11.7 Å². The molecule has 1 aromatic heterocycles. The smallest absolute Gasteiger partial charge is 0.326 e. The number of rotatable bonds is 11. The third-order valence-corrected chi connectivity index (χ3v) is 6.30. The van der Waals surface area contributed by atoms with Crippen molar-refractivity contribution < 1.29 is 24.3 Å². The molecule has 3 amide bonds. The summed E-state index contributed by atoms with van der Waals surface area (Å²) in [6.07, 6.45) is 4.28. The van der Waals surface area contributed by atoms with Crippen molar-refractivity contribution in [1.82, 2.24) is 25.5 Å². The van der Waals surface area contributed by atoms with Crippen LogP contribution < -0.4 is 16.4 Å². The Morgan fingerprint density at radius 3 is 2.50 bits per heavy atom. The predicted octanol–water partition coefficient (Wildman–Crippen LogP) is 0.223. The minimum absolute atomic E-state index is 0.0335. The van der Waals surface area contributed by atoms with Gasteiger partial charge in [0.2, 0.25) is 17.7 Å². The number of imidazole rings is 1. The first-order valence-corrected chi connectivity index (χ1v) is 12.1. The third-order valence-electron chi connectivity index (χ3n) is 6.30. The standard InChI is InChI=1S/C25H34N6O5/c1-15(2)21(30-22(32)18(26)11-16-7-4-3-5-8-16)24(34)31-10-6-9-20(31)23(33)29-19(25(35)36)12-17-13-27-14-28-17/h3-5,7-8,13-15,18-21H,6,9-12,26H2,1-2H3,(H,27,28)(H,29,33)(H,30,32)(H,35,36). The Morgan fingerprint density at radius 1 is 1.17 bits per heavy atom. The molecule has 0 bridgehead atoms. The lowest BCUT2D eigenvalue weighted by molar-refractivity contribution is -0.145. The summed E-state index contributed by atoms with van der Waals surface area (Å²) in [7, 11) is 0. The normalized spacial score (nSPS) is 17.9. The number of H-pyrrole nitrogens is 1. The molecular formula is C25H34N6O5. The van der Waals surface area contributed by atoms with Crippen molar-refractivity contribution in [3.05, 3.63) is 54.1 Å².